The summed E-state index contributed by atoms with van der Waals surface area (Å²) in [5, 5.41) is 0.660. The topological polar surface area (TPSA) is 70.2 Å². The molecule has 0 bridgehead atoms. The van der Waals surface area contributed by atoms with Crippen LogP contribution in [0.4, 0.5) is 11.4 Å². The Morgan fingerprint density at radius 2 is 1.38 bits per heavy atom. The molecule has 9 heteroatoms. The fourth-order valence-corrected chi connectivity index (χ4v) is 6.07. The summed E-state index contributed by atoms with van der Waals surface area (Å²) < 4.78 is 34.4. The molecular formula is C30H28ClN3O4S. The van der Waals surface area contributed by atoms with Crippen LogP contribution in [-0.2, 0) is 14.8 Å². The van der Waals surface area contributed by atoms with E-state index in [1.807, 2.05) is 54.6 Å². The summed E-state index contributed by atoms with van der Waals surface area (Å²) in [5.74, 6) is 0.974. The van der Waals surface area contributed by atoms with Crippen molar-refractivity contribution in [1.82, 2.24) is 4.90 Å². The Bertz CT molecular complexity index is 1510. The van der Waals surface area contributed by atoms with Crippen LogP contribution >= 0.6 is 11.6 Å². The van der Waals surface area contributed by atoms with Crippen molar-refractivity contribution in [2.45, 2.75) is 4.90 Å². The predicted molar refractivity (Wildman–Crippen MR) is 154 cm³/mol. The monoisotopic (exact) mass is 561 g/mol. The minimum Gasteiger partial charge on any atom is -0.457 e. The molecule has 0 aromatic heterocycles. The number of sulfonamides is 1. The second-order valence-electron chi connectivity index (χ2n) is 9.08. The minimum absolute atomic E-state index is 0.119. The zero-order valence-corrected chi connectivity index (χ0v) is 22.8. The van der Waals surface area contributed by atoms with Gasteiger partial charge in [0.1, 0.15) is 18.0 Å². The molecule has 39 heavy (non-hydrogen) atoms. The zero-order valence-electron chi connectivity index (χ0n) is 21.2. The van der Waals surface area contributed by atoms with Gasteiger partial charge in [0.05, 0.1) is 10.6 Å². The van der Waals surface area contributed by atoms with E-state index >= 15 is 0 Å². The number of rotatable bonds is 8. The molecule has 0 aliphatic carbocycles. The van der Waals surface area contributed by atoms with E-state index in [0.29, 0.717) is 48.4 Å². The molecule has 1 amide bonds. The average Bonchev–Trinajstić information content (AvgIpc) is 2.97. The van der Waals surface area contributed by atoms with Crippen LogP contribution < -0.4 is 13.9 Å². The SMILES string of the molecule is O=C(CN(c1ccc(Oc2ccccc2)cc1)S(=O)(=O)c1ccccc1)N1CCN(c2cccc(Cl)c2)CC1. The van der Waals surface area contributed by atoms with Gasteiger partial charge in [-0.1, -0.05) is 54.1 Å². The predicted octanol–water partition coefficient (Wildman–Crippen LogP) is 5.68. The number of nitrogens with zero attached hydrogens (tertiary/aromatic N) is 3. The highest BCUT2D eigenvalue weighted by Crippen LogP contribution is 2.28. The molecule has 1 saturated heterocycles. The lowest BCUT2D eigenvalue weighted by molar-refractivity contribution is -0.129. The Kier molecular flexibility index (Phi) is 8.05. The third-order valence-corrected chi connectivity index (χ3v) is 8.54. The second-order valence-corrected chi connectivity index (χ2v) is 11.4. The first kappa shape index (κ1) is 26.6. The van der Waals surface area contributed by atoms with E-state index < -0.39 is 10.0 Å². The normalized spacial score (nSPS) is 13.7. The molecule has 200 valence electrons. The van der Waals surface area contributed by atoms with E-state index in [0.717, 1.165) is 5.69 Å². The third kappa shape index (κ3) is 6.35. The number of halogens is 1. The summed E-state index contributed by atoms with van der Waals surface area (Å²) in [4.78, 5) is 17.4. The van der Waals surface area contributed by atoms with E-state index in [4.69, 9.17) is 16.3 Å². The van der Waals surface area contributed by atoms with Crippen LogP contribution in [-0.4, -0.2) is 51.9 Å². The van der Waals surface area contributed by atoms with Gasteiger partial charge in [0.25, 0.3) is 10.0 Å². The molecule has 4 aromatic rings. The van der Waals surface area contributed by atoms with Crippen LogP contribution in [0.3, 0.4) is 0 Å². The quantitative estimate of drug-likeness (QED) is 0.277. The van der Waals surface area contributed by atoms with Gasteiger partial charge in [0.15, 0.2) is 0 Å². The van der Waals surface area contributed by atoms with Crippen molar-refractivity contribution in [2.75, 3.05) is 41.9 Å². The largest absolute Gasteiger partial charge is 0.457 e. The van der Waals surface area contributed by atoms with Crippen LogP contribution in [0.2, 0.25) is 5.02 Å². The van der Waals surface area contributed by atoms with Gasteiger partial charge in [-0.25, -0.2) is 8.42 Å². The zero-order chi connectivity index (χ0) is 27.2. The van der Waals surface area contributed by atoms with Crippen molar-refractivity contribution < 1.29 is 17.9 Å². The standard InChI is InChI=1S/C30H28ClN3O4S/c31-24-8-7-9-26(22-24)32-18-20-33(21-19-32)30(35)23-34(39(36,37)29-12-5-2-6-13-29)25-14-16-28(17-15-25)38-27-10-3-1-4-11-27/h1-17,22H,18-21,23H2. The number of benzene rings is 4. The molecule has 5 rings (SSSR count). The number of carbonyl (C=O) groups excluding carboxylic acids is 1. The molecule has 1 fully saturated rings. The van der Waals surface area contributed by atoms with Gasteiger partial charge in [-0.05, 0) is 66.7 Å². The lowest BCUT2D eigenvalue weighted by Gasteiger charge is -2.37. The molecule has 0 spiro atoms. The van der Waals surface area contributed by atoms with Crippen LogP contribution in [0.25, 0.3) is 0 Å². The first-order valence-electron chi connectivity index (χ1n) is 12.6. The molecule has 7 nitrogen and oxygen atoms in total. The number of piperazine rings is 1. The Morgan fingerprint density at radius 1 is 0.769 bits per heavy atom. The molecule has 1 heterocycles. The smallest absolute Gasteiger partial charge is 0.264 e. The van der Waals surface area contributed by atoms with E-state index in [-0.39, 0.29) is 17.3 Å². The highest BCUT2D eigenvalue weighted by molar-refractivity contribution is 7.92. The average molecular weight is 562 g/mol. The molecule has 1 aliphatic rings. The van der Waals surface area contributed by atoms with Crippen LogP contribution in [0, 0.1) is 0 Å². The Morgan fingerprint density at radius 3 is 2.03 bits per heavy atom. The fraction of sp³-hybridized carbons (Fsp3) is 0.167. The number of amides is 1. The number of carbonyl (C=O) groups is 1. The Balaban J connectivity index is 1.34. The van der Waals surface area contributed by atoms with Crippen LogP contribution in [0.1, 0.15) is 0 Å². The van der Waals surface area contributed by atoms with Crippen molar-refractivity contribution in [2.24, 2.45) is 0 Å². The maximum atomic E-state index is 13.7. The van der Waals surface area contributed by atoms with Gasteiger partial charge in [-0.15, -0.1) is 0 Å². The minimum atomic E-state index is -4.00. The number of anilines is 2. The van der Waals surface area contributed by atoms with Crippen LogP contribution in [0.5, 0.6) is 11.5 Å². The van der Waals surface area contributed by atoms with Crippen molar-refractivity contribution in [3.8, 4) is 11.5 Å². The molecule has 0 atom stereocenters. The first-order valence-corrected chi connectivity index (χ1v) is 14.4. The third-order valence-electron chi connectivity index (χ3n) is 6.52. The second kappa shape index (κ2) is 11.8. The van der Waals surface area contributed by atoms with E-state index in [2.05, 4.69) is 4.90 Å². The molecule has 0 radical (unpaired) electrons. The van der Waals surface area contributed by atoms with Gasteiger partial charge in [-0.3, -0.25) is 9.10 Å². The van der Waals surface area contributed by atoms with Crippen LogP contribution in [0.15, 0.2) is 114 Å². The highest BCUT2D eigenvalue weighted by atomic mass is 35.5. The van der Waals surface area contributed by atoms with Gasteiger partial charge < -0.3 is 14.5 Å². The first-order chi connectivity index (χ1) is 18.9. The molecule has 0 saturated carbocycles. The Hall–Kier alpha value is -4.01. The maximum Gasteiger partial charge on any atom is 0.264 e. The van der Waals surface area contributed by atoms with Crippen molar-refractivity contribution in [1.29, 1.82) is 0 Å². The summed E-state index contributed by atoms with van der Waals surface area (Å²) in [6.45, 7) is 1.90. The fourth-order valence-electron chi connectivity index (χ4n) is 4.45. The number of para-hydroxylation sites is 1. The summed E-state index contributed by atoms with van der Waals surface area (Å²) >= 11 is 6.14. The van der Waals surface area contributed by atoms with Crippen molar-refractivity contribution in [3.63, 3.8) is 0 Å². The molecular weight excluding hydrogens is 534 g/mol. The van der Waals surface area contributed by atoms with Crippen molar-refractivity contribution in [3.05, 3.63) is 114 Å². The van der Waals surface area contributed by atoms with Gasteiger partial charge in [0, 0.05) is 36.9 Å². The lowest BCUT2D eigenvalue weighted by atomic mass is 10.2. The molecule has 1 aliphatic heterocycles. The summed E-state index contributed by atoms with van der Waals surface area (Å²) in [5.41, 5.74) is 1.38. The summed E-state index contributed by atoms with van der Waals surface area (Å²) in [6, 6.07) is 31.8. The highest BCUT2D eigenvalue weighted by Gasteiger charge is 2.30. The van der Waals surface area contributed by atoms with Gasteiger partial charge in [-0.2, -0.15) is 0 Å². The molecule has 0 unspecified atom stereocenters. The Labute approximate surface area is 233 Å². The number of hydrogen-bond acceptors (Lipinski definition) is 5. The van der Waals surface area contributed by atoms with E-state index in [1.54, 1.807) is 47.4 Å². The van der Waals surface area contributed by atoms with E-state index in [1.165, 1.54) is 16.4 Å². The van der Waals surface area contributed by atoms with Gasteiger partial charge in [0.2, 0.25) is 5.91 Å². The molecule has 4 aromatic carbocycles. The number of ether oxygens (including phenoxy) is 1. The summed E-state index contributed by atoms with van der Waals surface area (Å²) in [6.07, 6.45) is 0. The lowest BCUT2D eigenvalue weighted by Crippen LogP contribution is -2.52. The van der Waals surface area contributed by atoms with E-state index in [9.17, 15) is 13.2 Å². The summed E-state index contributed by atoms with van der Waals surface area (Å²) in [7, 11) is -4.00. The number of hydrogen-bond donors (Lipinski definition) is 0. The molecule has 0 N–H and O–H groups in total. The van der Waals surface area contributed by atoms with Crippen molar-refractivity contribution >= 4 is 38.9 Å². The maximum absolute atomic E-state index is 13.7. The van der Waals surface area contributed by atoms with Gasteiger partial charge >= 0.3 is 0 Å².